The monoisotopic (exact) mass is 214 g/mol. The van der Waals surface area contributed by atoms with Gasteiger partial charge >= 0.3 is 29.6 Å². The molecule has 0 aromatic carbocycles. The van der Waals surface area contributed by atoms with E-state index in [1.165, 1.54) is 0 Å². The van der Waals surface area contributed by atoms with Crippen molar-refractivity contribution in [2.24, 2.45) is 0 Å². The van der Waals surface area contributed by atoms with Crippen LogP contribution in [0.1, 0.15) is 26.7 Å². The minimum Gasteiger partial charge on any atom is -0.725 e. The molecule has 4 nitrogen and oxygen atoms in total. The van der Waals surface area contributed by atoms with E-state index < -0.39 is 16.5 Å². The van der Waals surface area contributed by atoms with Gasteiger partial charge < -0.3 is 4.55 Å². The van der Waals surface area contributed by atoms with E-state index in [9.17, 15) is 13.0 Å². The van der Waals surface area contributed by atoms with Gasteiger partial charge in [-0.15, -0.1) is 5.92 Å². The van der Waals surface area contributed by atoms with E-state index in [0.29, 0.717) is 12.8 Å². The average Bonchev–Trinajstić information content (AvgIpc) is 1.95. The van der Waals surface area contributed by atoms with E-state index in [1.54, 1.807) is 6.92 Å². The summed E-state index contributed by atoms with van der Waals surface area (Å²) in [6.07, 6.45) is 0.195. The van der Waals surface area contributed by atoms with Crippen molar-refractivity contribution in [2.45, 2.75) is 32.8 Å². The summed E-state index contributed by atoms with van der Waals surface area (Å²) in [5, 5.41) is 0. The van der Waals surface area contributed by atoms with Gasteiger partial charge in [0.2, 0.25) is 10.4 Å². The van der Waals surface area contributed by atoms with Gasteiger partial charge in [0.25, 0.3) is 0 Å². The van der Waals surface area contributed by atoms with Gasteiger partial charge in [0, 0.05) is 6.42 Å². The fourth-order valence-corrected chi connectivity index (χ4v) is 1.02. The van der Waals surface area contributed by atoms with Crippen LogP contribution in [-0.4, -0.2) is 19.1 Å². The minimum absolute atomic E-state index is 0. The quantitative estimate of drug-likeness (QED) is 0.228. The van der Waals surface area contributed by atoms with Gasteiger partial charge in [-0.2, -0.15) is 0 Å². The van der Waals surface area contributed by atoms with Crippen LogP contribution in [0, 0.1) is 11.8 Å². The first-order chi connectivity index (χ1) is 5.49. The van der Waals surface area contributed by atoms with E-state index in [4.69, 9.17) is 0 Å². The van der Waals surface area contributed by atoms with Crippen molar-refractivity contribution in [3.05, 3.63) is 0 Å². The zero-order valence-corrected chi connectivity index (χ0v) is 10.8. The van der Waals surface area contributed by atoms with Crippen molar-refractivity contribution >= 4 is 10.4 Å². The summed E-state index contributed by atoms with van der Waals surface area (Å²) in [5.41, 5.74) is 0. The van der Waals surface area contributed by atoms with E-state index in [0.717, 1.165) is 0 Å². The van der Waals surface area contributed by atoms with Crippen LogP contribution in [0.2, 0.25) is 0 Å². The molecule has 0 fully saturated rings. The zero-order valence-electron chi connectivity index (χ0n) is 8.03. The predicted molar refractivity (Wildman–Crippen MR) is 42.9 cm³/mol. The van der Waals surface area contributed by atoms with Gasteiger partial charge in [0.15, 0.2) is 0 Å². The second-order valence-corrected chi connectivity index (χ2v) is 3.08. The molecule has 13 heavy (non-hydrogen) atoms. The van der Waals surface area contributed by atoms with Crippen LogP contribution in [-0.2, 0) is 14.6 Å². The molecule has 0 saturated carbocycles. The van der Waals surface area contributed by atoms with Gasteiger partial charge in [-0.1, -0.05) is 19.8 Å². The van der Waals surface area contributed by atoms with Gasteiger partial charge in [-0.05, 0) is 6.42 Å². The van der Waals surface area contributed by atoms with Crippen molar-refractivity contribution in [1.82, 2.24) is 0 Å². The van der Waals surface area contributed by atoms with E-state index in [1.807, 2.05) is 6.92 Å². The van der Waals surface area contributed by atoms with Crippen LogP contribution in [0.3, 0.4) is 0 Å². The largest absolute Gasteiger partial charge is 1.00 e. The minimum atomic E-state index is -4.62. The Morgan fingerprint density at radius 1 is 1.46 bits per heavy atom. The first-order valence-corrected chi connectivity index (χ1v) is 4.95. The molecule has 1 atom stereocenters. The summed E-state index contributed by atoms with van der Waals surface area (Å²) in [5.74, 6) is 5.17. The van der Waals surface area contributed by atoms with E-state index in [2.05, 4.69) is 16.0 Å². The molecule has 0 rings (SSSR count). The molecule has 0 bridgehead atoms. The van der Waals surface area contributed by atoms with Gasteiger partial charge in [-0.3, -0.25) is 4.18 Å². The van der Waals surface area contributed by atoms with Gasteiger partial charge in [-0.25, -0.2) is 8.42 Å². The van der Waals surface area contributed by atoms with Crippen LogP contribution in [0.15, 0.2) is 0 Å². The second kappa shape index (κ2) is 7.80. The SMILES string of the molecule is CCC#C[C@H](CC)OS(=O)(=O)[O-].[Na+]. The summed E-state index contributed by atoms with van der Waals surface area (Å²) < 4.78 is 34.5. The van der Waals surface area contributed by atoms with E-state index >= 15 is 0 Å². The molecule has 0 aromatic heterocycles. The molecule has 0 amide bonds. The van der Waals surface area contributed by atoms with Crippen molar-refractivity contribution in [1.29, 1.82) is 0 Å². The Kier molecular flexibility index (Phi) is 9.53. The summed E-state index contributed by atoms with van der Waals surface area (Å²) in [4.78, 5) is 0. The fourth-order valence-electron chi connectivity index (χ4n) is 0.552. The average molecular weight is 214 g/mol. The molecule has 0 aliphatic heterocycles. The number of rotatable bonds is 3. The molecule has 0 saturated heterocycles. The summed E-state index contributed by atoms with van der Waals surface area (Å²) in [6.45, 7) is 3.52. The van der Waals surface area contributed by atoms with Gasteiger partial charge in [0.05, 0.1) is 0 Å². The molecule has 0 heterocycles. The molecule has 0 spiro atoms. The number of hydrogen-bond acceptors (Lipinski definition) is 4. The predicted octanol–water partition coefficient (Wildman–Crippen LogP) is -2.34. The topological polar surface area (TPSA) is 66.4 Å². The first kappa shape index (κ1) is 15.9. The number of hydrogen-bond donors (Lipinski definition) is 0. The van der Waals surface area contributed by atoms with E-state index in [-0.39, 0.29) is 29.6 Å². The molecule has 6 heteroatoms. The Labute approximate surface area is 101 Å². The first-order valence-electron chi connectivity index (χ1n) is 3.62. The molecule has 0 aliphatic rings. The molecule has 0 N–H and O–H groups in total. The Balaban J connectivity index is 0. The second-order valence-electron chi connectivity index (χ2n) is 2.08. The van der Waals surface area contributed by atoms with Crippen molar-refractivity contribution < 1.29 is 46.7 Å². The summed E-state index contributed by atoms with van der Waals surface area (Å²) >= 11 is 0. The molecule has 0 radical (unpaired) electrons. The maximum atomic E-state index is 10.1. The third-order valence-corrected chi connectivity index (χ3v) is 1.51. The summed E-state index contributed by atoms with van der Waals surface area (Å²) in [6, 6.07) is 0. The Morgan fingerprint density at radius 3 is 2.31 bits per heavy atom. The molecule has 0 unspecified atom stereocenters. The van der Waals surface area contributed by atoms with Crippen LogP contribution in [0.25, 0.3) is 0 Å². The Hall–Kier alpha value is 0.430. The Morgan fingerprint density at radius 2 is 2.00 bits per heavy atom. The molecular weight excluding hydrogens is 203 g/mol. The molecular formula is C7H11NaO4S. The van der Waals surface area contributed by atoms with Crippen molar-refractivity contribution in [3.8, 4) is 11.8 Å². The third-order valence-electron chi connectivity index (χ3n) is 1.04. The maximum absolute atomic E-state index is 10.1. The third kappa shape index (κ3) is 10.4. The van der Waals surface area contributed by atoms with Crippen LogP contribution >= 0.6 is 0 Å². The molecule has 0 aromatic rings. The Bertz CT molecular complexity index is 275. The fraction of sp³-hybridized carbons (Fsp3) is 0.714. The smallest absolute Gasteiger partial charge is 0.725 e. The normalized spacial score (nSPS) is 12.2. The van der Waals surface area contributed by atoms with Crippen molar-refractivity contribution in [3.63, 3.8) is 0 Å². The molecule has 70 valence electrons. The van der Waals surface area contributed by atoms with Gasteiger partial charge in [0.1, 0.15) is 6.10 Å². The standard InChI is InChI=1S/C7H12O4S.Na/c1-3-5-6-7(4-2)11-12(8,9)10;/h7H,3-4H2,1-2H3,(H,8,9,10);/q;+1/p-1/t7-;/m0./s1. The van der Waals surface area contributed by atoms with Crippen LogP contribution < -0.4 is 29.6 Å². The maximum Gasteiger partial charge on any atom is 1.00 e. The van der Waals surface area contributed by atoms with Crippen LogP contribution in [0.4, 0.5) is 0 Å². The summed E-state index contributed by atoms with van der Waals surface area (Å²) in [7, 11) is -4.62. The van der Waals surface area contributed by atoms with Crippen LogP contribution in [0.5, 0.6) is 0 Å². The zero-order chi connectivity index (χ0) is 9.61. The van der Waals surface area contributed by atoms with Crippen molar-refractivity contribution in [2.75, 3.05) is 0 Å². The molecule has 0 aliphatic carbocycles.